The summed E-state index contributed by atoms with van der Waals surface area (Å²) in [5.74, 6) is 0.402. The van der Waals surface area contributed by atoms with Crippen LogP contribution in [0.2, 0.25) is 0 Å². The number of hydrogen-bond acceptors (Lipinski definition) is 6. The van der Waals surface area contributed by atoms with Gasteiger partial charge in [-0.15, -0.1) is 10.2 Å². The standard InChI is InChI=1S/C11H10N4S2/c1-8-4-2-3-5-9(8)13-10-14-15-11(17-10)16-7-6-12/h2-5H,7H2,1H3,(H,13,14). The van der Waals surface area contributed by atoms with Crippen molar-refractivity contribution in [2.75, 3.05) is 11.1 Å². The molecule has 0 fully saturated rings. The number of aromatic nitrogens is 2. The zero-order valence-corrected chi connectivity index (χ0v) is 10.8. The maximum absolute atomic E-state index is 8.48. The summed E-state index contributed by atoms with van der Waals surface area (Å²) in [6, 6.07) is 10.1. The Morgan fingerprint density at radius 1 is 1.41 bits per heavy atom. The van der Waals surface area contributed by atoms with Crippen molar-refractivity contribution in [3.63, 3.8) is 0 Å². The number of nitrogens with one attached hydrogen (secondary N) is 1. The first-order valence-corrected chi connectivity index (χ1v) is 6.75. The zero-order valence-electron chi connectivity index (χ0n) is 9.17. The summed E-state index contributed by atoms with van der Waals surface area (Å²) in [5, 5.41) is 20.5. The molecule has 1 heterocycles. The Hall–Kier alpha value is -1.58. The minimum Gasteiger partial charge on any atom is -0.330 e. The molecular weight excluding hydrogens is 252 g/mol. The number of nitrogens with zero attached hydrogens (tertiary/aromatic N) is 3. The fourth-order valence-electron chi connectivity index (χ4n) is 1.24. The molecule has 0 spiro atoms. The molecule has 2 aromatic rings. The molecule has 4 nitrogen and oxygen atoms in total. The SMILES string of the molecule is Cc1ccccc1Nc1nnc(SCC#N)s1. The van der Waals surface area contributed by atoms with Gasteiger partial charge in [0.2, 0.25) is 5.13 Å². The number of aryl methyl sites for hydroxylation is 1. The molecule has 1 N–H and O–H groups in total. The van der Waals surface area contributed by atoms with E-state index in [-0.39, 0.29) is 0 Å². The van der Waals surface area contributed by atoms with Gasteiger partial charge < -0.3 is 5.32 Å². The van der Waals surface area contributed by atoms with Crippen molar-refractivity contribution in [1.29, 1.82) is 5.26 Å². The largest absolute Gasteiger partial charge is 0.330 e. The van der Waals surface area contributed by atoms with Crippen molar-refractivity contribution in [1.82, 2.24) is 10.2 Å². The average Bonchev–Trinajstić information content (AvgIpc) is 2.77. The average molecular weight is 262 g/mol. The van der Waals surface area contributed by atoms with Crippen molar-refractivity contribution in [2.24, 2.45) is 0 Å². The highest BCUT2D eigenvalue weighted by atomic mass is 32.2. The first-order chi connectivity index (χ1) is 8.29. The quantitative estimate of drug-likeness (QED) is 0.857. The predicted molar refractivity (Wildman–Crippen MR) is 70.7 cm³/mol. The molecule has 2 rings (SSSR count). The first-order valence-electron chi connectivity index (χ1n) is 4.95. The van der Waals surface area contributed by atoms with Crippen molar-refractivity contribution in [3.8, 4) is 6.07 Å². The molecule has 0 aliphatic heterocycles. The highest BCUT2D eigenvalue weighted by Gasteiger charge is 2.05. The molecule has 86 valence electrons. The number of nitriles is 1. The Morgan fingerprint density at radius 3 is 3.00 bits per heavy atom. The fourth-order valence-corrected chi connectivity index (χ4v) is 2.67. The molecule has 0 atom stereocenters. The van der Waals surface area contributed by atoms with Crippen LogP contribution in [-0.2, 0) is 0 Å². The summed E-state index contributed by atoms with van der Waals surface area (Å²) in [6.07, 6.45) is 0. The van der Waals surface area contributed by atoms with Crippen LogP contribution in [0.1, 0.15) is 5.56 Å². The van der Waals surface area contributed by atoms with Gasteiger partial charge in [0.15, 0.2) is 4.34 Å². The molecule has 0 radical (unpaired) electrons. The highest BCUT2D eigenvalue weighted by molar-refractivity contribution is 8.01. The lowest BCUT2D eigenvalue weighted by atomic mass is 10.2. The van der Waals surface area contributed by atoms with E-state index >= 15 is 0 Å². The van der Waals surface area contributed by atoms with Crippen LogP contribution in [0.4, 0.5) is 10.8 Å². The molecular formula is C11H10N4S2. The number of thioether (sulfide) groups is 1. The van der Waals surface area contributed by atoms with Gasteiger partial charge in [-0.3, -0.25) is 0 Å². The number of para-hydroxylation sites is 1. The molecule has 0 aliphatic rings. The number of rotatable bonds is 4. The molecule has 0 bridgehead atoms. The molecule has 1 aromatic carbocycles. The van der Waals surface area contributed by atoms with Gasteiger partial charge in [0, 0.05) is 5.69 Å². The number of hydrogen-bond donors (Lipinski definition) is 1. The summed E-state index contributed by atoms with van der Waals surface area (Å²) in [4.78, 5) is 0. The summed E-state index contributed by atoms with van der Waals surface area (Å²) < 4.78 is 0.808. The topological polar surface area (TPSA) is 61.6 Å². The number of anilines is 2. The van der Waals surface area contributed by atoms with E-state index in [9.17, 15) is 0 Å². The third-order valence-corrected chi connectivity index (χ3v) is 3.89. The Kier molecular flexibility index (Phi) is 3.96. The third-order valence-electron chi connectivity index (χ3n) is 2.05. The van der Waals surface area contributed by atoms with E-state index in [1.807, 2.05) is 31.2 Å². The highest BCUT2D eigenvalue weighted by Crippen LogP contribution is 2.28. The zero-order chi connectivity index (χ0) is 12.1. The van der Waals surface area contributed by atoms with Crippen LogP contribution in [0.25, 0.3) is 0 Å². The molecule has 6 heteroatoms. The maximum atomic E-state index is 8.48. The second-order valence-corrected chi connectivity index (χ2v) is 5.46. The van der Waals surface area contributed by atoms with Crippen LogP contribution in [0, 0.1) is 18.3 Å². The van der Waals surface area contributed by atoms with Gasteiger partial charge >= 0.3 is 0 Å². The van der Waals surface area contributed by atoms with E-state index in [0.717, 1.165) is 20.7 Å². The minimum absolute atomic E-state index is 0.402. The smallest absolute Gasteiger partial charge is 0.210 e. The lowest BCUT2D eigenvalue weighted by Crippen LogP contribution is -1.91. The van der Waals surface area contributed by atoms with Crippen LogP contribution < -0.4 is 5.32 Å². The number of benzene rings is 1. The van der Waals surface area contributed by atoms with E-state index < -0.39 is 0 Å². The first kappa shape index (κ1) is 11.9. The van der Waals surface area contributed by atoms with Crippen LogP contribution in [0.5, 0.6) is 0 Å². The van der Waals surface area contributed by atoms with E-state index in [0.29, 0.717) is 5.75 Å². The van der Waals surface area contributed by atoms with Gasteiger partial charge in [-0.2, -0.15) is 5.26 Å². The summed E-state index contributed by atoms with van der Waals surface area (Å²) in [5.41, 5.74) is 2.19. The van der Waals surface area contributed by atoms with Gasteiger partial charge in [-0.1, -0.05) is 41.3 Å². The fraction of sp³-hybridized carbons (Fsp3) is 0.182. The predicted octanol–water partition coefficient (Wildman–Crippen LogP) is 3.21. The van der Waals surface area contributed by atoms with E-state index in [4.69, 9.17) is 5.26 Å². The normalized spacial score (nSPS) is 9.88. The second kappa shape index (κ2) is 5.66. The van der Waals surface area contributed by atoms with Gasteiger partial charge in [-0.05, 0) is 18.6 Å². The lowest BCUT2D eigenvalue weighted by molar-refractivity contribution is 1.01. The van der Waals surface area contributed by atoms with Crippen molar-refractivity contribution >= 4 is 33.9 Å². The van der Waals surface area contributed by atoms with Crippen LogP contribution in [-0.4, -0.2) is 16.0 Å². The van der Waals surface area contributed by atoms with Crippen LogP contribution in [0.3, 0.4) is 0 Å². The van der Waals surface area contributed by atoms with Crippen molar-refractivity contribution in [3.05, 3.63) is 29.8 Å². The van der Waals surface area contributed by atoms with Gasteiger partial charge in [0.1, 0.15) is 0 Å². The molecule has 0 aliphatic carbocycles. The Balaban J connectivity index is 2.07. The van der Waals surface area contributed by atoms with Crippen molar-refractivity contribution in [2.45, 2.75) is 11.3 Å². The molecule has 17 heavy (non-hydrogen) atoms. The van der Waals surface area contributed by atoms with Crippen LogP contribution in [0.15, 0.2) is 28.6 Å². The van der Waals surface area contributed by atoms with E-state index in [2.05, 4.69) is 21.6 Å². The minimum atomic E-state index is 0.402. The van der Waals surface area contributed by atoms with Crippen molar-refractivity contribution < 1.29 is 0 Å². The van der Waals surface area contributed by atoms with Crippen LogP contribution >= 0.6 is 23.1 Å². The van der Waals surface area contributed by atoms with E-state index in [1.54, 1.807) is 0 Å². The van der Waals surface area contributed by atoms with Gasteiger partial charge in [0.05, 0.1) is 11.8 Å². The Bertz CT molecular complexity index is 544. The van der Waals surface area contributed by atoms with E-state index in [1.165, 1.54) is 23.1 Å². The summed E-state index contributed by atoms with van der Waals surface area (Å²) >= 11 is 2.85. The van der Waals surface area contributed by atoms with Gasteiger partial charge in [0.25, 0.3) is 0 Å². The summed E-state index contributed by atoms with van der Waals surface area (Å²) in [6.45, 7) is 2.04. The second-order valence-electron chi connectivity index (χ2n) is 3.26. The molecule has 1 aromatic heterocycles. The molecule has 0 saturated heterocycles. The van der Waals surface area contributed by atoms with Gasteiger partial charge in [-0.25, -0.2) is 0 Å². The molecule has 0 unspecified atom stereocenters. The Labute approximate surface area is 108 Å². The Morgan fingerprint density at radius 2 is 2.24 bits per heavy atom. The lowest BCUT2D eigenvalue weighted by Gasteiger charge is -2.04. The monoisotopic (exact) mass is 262 g/mol. The molecule has 0 amide bonds. The molecule has 0 saturated carbocycles. The third kappa shape index (κ3) is 3.19. The summed E-state index contributed by atoms with van der Waals surface area (Å²) in [7, 11) is 0. The maximum Gasteiger partial charge on any atom is 0.210 e.